The van der Waals surface area contributed by atoms with E-state index in [9.17, 15) is 0 Å². The Balaban J connectivity index is 0.000000350. The maximum atomic E-state index is 8.77. The standard InChI is InChI=1S/C21H18NS.C6H12O2.Ir/c1-21(2,3)15-10-8-14(9-11-15)19-17-12-13-23-20(17)16-6-4-5-7-18(16)22-19;1-4(5(2)7)6(3)8;/h4-8,10-13H,1-3H3;5,7-8H,1-3H3;/q-1;;/b;6-4-;. The van der Waals surface area contributed by atoms with Crippen LogP contribution in [-0.4, -0.2) is 21.3 Å². The molecule has 0 amide bonds. The summed E-state index contributed by atoms with van der Waals surface area (Å²) in [5, 5.41) is 22.1. The molecule has 2 aromatic carbocycles. The molecule has 0 aliphatic heterocycles. The van der Waals surface area contributed by atoms with E-state index in [0.29, 0.717) is 5.57 Å². The molecule has 2 heterocycles. The van der Waals surface area contributed by atoms with E-state index in [-0.39, 0.29) is 31.3 Å². The second kappa shape index (κ2) is 10.7. The summed E-state index contributed by atoms with van der Waals surface area (Å²) >= 11 is 1.78. The van der Waals surface area contributed by atoms with Gasteiger partial charge in [0.2, 0.25) is 0 Å². The first kappa shape index (κ1) is 26.2. The number of rotatable bonds is 2. The number of aromatic nitrogens is 1. The topological polar surface area (TPSA) is 53.4 Å². The molecule has 0 bridgehead atoms. The molecule has 1 atom stereocenters. The van der Waals surface area contributed by atoms with E-state index in [1.165, 1.54) is 21.0 Å². The van der Waals surface area contributed by atoms with Gasteiger partial charge in [0, 0.05) is 30.2 Å². The zero-order valence-corrected chi connectivity index (χ0v) is 22.6. The second-order valence-electron chi connectivity index (χ2n) is 8.83. The third kappa shape index (κ3) is 5.85. The van der Waals surface area contributed by atoms with E-state index in [1.54, 1.807) is 32.1 Å². The van der Waals surface area contributed by atoms with Crippen molar-refractivity contribution < 1.29 is 30.3 Å². The number of pyridine rings is 1. The molecule has 0 aliphatic rings. The molecule has 1 radical (unpaired) electrons. The van der Waals surface area contributed by atoms with Crippen molar-refractivity contribution in [1.82, 2.24) is 4.98 Å². The third-order valence-electron chi connectivity index (χ3n) is 5.43. The van der Waals surface area contributed by atoms with Gasteiger partial charge in [0.1, 0.15) is 0 Å². The fourth-order valence-electron chi connectivity index (χ4n) is 3.19. The van der Waals surface area contributed by atoms with Crippen LogP contribution in [0, 0.1) is 6.07 Å². The van der Waals surface area contributed by atoms with Gasteiger partial charge in [-0.25, -0.2) is 0 Å². The summed E-state index contributed by atoms with van der Waals surface area (Å²) in [5.41, 5.74) is 5.20. The fourth-order valence-corrected chi connectivity index (χ4v) is 4.13. The van der Waals surface area contributed by atoms with Gasteiger partial charge in [-0.15, -0.1) is 46.7 Å². The van der Waals surface area contributed by atoms with Crippen LogP contribution in [0.3, 0.4) is 0 Å². The number of aliphatic hydroxyl groups excluding tert-OH is 2. The van der Waals surface area contributed by atoms with Crippen molar-refractivity contribution >= 4 is 32.3 Å². The van der Waals surface area contributed by atoms with Crippen LogP contribution in [-0.2, 0) is 25.5 Å². The number of nitrogens with zero attached hydrogens (tertiary/aromatic N) is 1. The van der Waals surface area contributed by atoms with E-state index in [2.05, 4.69) is 74.7 Å². The van der Waals surface area contributed by atoms with E-state index in [1.807, 2.05) is 6.07 Å². The predicted molar refractivity (Wildman–Crippen MR) is 133 cm³/mol. The molecule has 2 aromatic heterocycles. The van der Waals surface area contributed by atoms with Crippen LogP contribution < -0.4 is 0 Å². The number of para-hydroxylation sites is 1. The van der Waals surface area contributed by atoms with Gasteiger partial charge in [0.05, 0.1) is 17.4 Å². The Hall–Kier alpha value is -2.04. The summed E-state index contributed by atoms with van der Waals surface area (Å²) in [6.45, 7) is 11.5. The SMILES string of the molecule is C/C(O)=C(\C)C(C)O.CC(C)(C)c1c[c-]c(-c2nc3ccccc3c3sccc23)cc1.[Ir]. The van der Waals surface area contributed by atoms with E-state index < -0.39 is 6.10 Å². The molecule has 5 heteroatoms. The normalized spacial score (nSPS) is 13.1. The number of allylic oxidation sites excluding steroid dienone is 1. The van der Waals surface area contributed by atoms with E-state index in [0.717, 1.165) is 16.8 Å². The van der Waals surface area contributed by atoms with E-state index in [4.69, 9.17) is 15.2 Å². The van der Waals surface area contributed by atoms with Gasteiger partial charge >= 0.3 is 0 Å². The Morgan fingerprint density at radius 1 is 1.03 bits per heavy atom. The number of hydrogen-bond donors (Lipinski definition) is 2. The van der Waals surface area contributed by atoms with Crippen LogP contribution >= 0.6 is 11.3 Å². The molecule has 4 rings (SSSR count). The van der Waals surface area contributed by atoms with Crippen LogP contribution in [0.5, 0.6) is 0 Å². The first-order chi connectivity index (χ1) is 14.6. The molecule has 3 nitrogen and oxygen atoms in total. The number of fused-ring (bicyclic) bond motifs is 3. The molecule has 4 aromatic rings. The summed E-state index contributed by atoms with van der Waals surface area (Å²) in [5.74, 6) is 0.208. The Kier molecular flexibility index (Phi) is 8.78. The quantitative estimate of drug-likeness (QED) is 0.180. The van der Waals surface area contributed by atoms with Gasteiger partial charge in [0.25, 0.3) is 0 Å². The van der Waals surface area contributed by atoms with Crippen LogP contribution in [0.15, 0.2) is 65.2 Å². The molecule has 0 aliphatic carbocycles. The van der Waals surface area contributed by atoms with Crippen molar-refractivity contribution in [3.05, 3.63) is 76.9 Å². The first-order valence-corrected chi connectivity index (χ1v) is 11.3. The largest absolute Gasteiger partial charge is 0.513 e. The molecule has 32 heavy (non-hydrogen) atoms. The van der Waals surface area contributed by atoms with Crippen molar-refractivity contribution in [3.8, 4) is 11.3 Å². The Bertz CT molecular complexity index is 1210. The van der Waals surface area contributed by atoms with Gasteiger partial charge in [-0.05, 0) is 54.3 Å². The van der Waals surface area contributed by atoms with Crippen LogP contribution in [0.25, 0.3) is 32.2 Å². The number of benzene rings is 2. The molecule has 0 saturated carbocycles. The monoisotopic (exact) mass is 625 g/mol. The first-order valence-electron chi connectivity index (χ1n) is 10.4. The third-order valence-corrected chi connectivity index (χ3v) is 6.38. The average Bonchev–Trinajstić information content (AvgIpc) is 3.22. The molecule has 2 N–H and O–H groups in total. The van der Waals surface area contributed by atoms with Gasteiger partial charge in [-0.1, -0.05) is 45.0 Å². The number of hydrogen-bond acceptors (Lipinski definition) is 4. The average molecular weight is 625 g/mol. The molecular formula is C27H30IrNO2S-. The number of thiophene rings is 1. The van der Waals surface area contributed by atoms with Crippen molar-refractivity contribution in [1.29, 1.82) is 0 Å². The summed E-state index contributed by atoms with van der Waals surface area (Å²) in [6.07, 6.45) is -0.528. The molecule has 0 saturated heterocycles. The maximum absolute atomic E-state index is 8.77. The van der Waals surface area contributed by atoms with Crippen molar-refractivity contribution in [3.63, 3.8) is 0 Å². The zero-order chi connectivity index (χ0) is 22.8. The summed E-state index contributed by atoms with van der Waals surface area (Å²) in [6, 6.07) is 20.4. The minimum atomic E-state index is -0.528. The molecular weight excluding hydrogens is 595 g/mol. The van der Waals surface area contributed by atoms with Gasteiger partial charge < -0.3 is 10.2 Å². The van der Waals surface area contributed by atoms with Crippen molar-refractivity contribution in [2.24, 2.45) is 0 Å². The van der Waals surface area contributed by atoms with Crippen molar-refractivity contribution in [2.45, 2.75) is 53.1 Å². The summed E-state index contributed by atoms with van der Waals surface area (Å²) in [7, 11) is 0. The maximum Gasteiger partial charge on any atom is 0.0906 e. The van der Waals surface area contributed by atoms with Gasteiger partial charge in [0.15, 0.2) is 0 Å². The van der Waals surface area contributed by atoms with Crippen molar-refractivity contribution in [2.75, 3.05) is 0 Å². The zero-order valence-electron chi connectivity index (χ0n) is 19.4. The fraction of sp³-hybridized carbons (Fsp3) is 0.296. The smallest absolute Gasteiger partial charge is 0.0906 e. The van der Waals surface area contributed by atoms with Crippen LogP contribution in [0.1, 0.15) is 47.1 Å². The Morgan fingerprint density at radius 2 is 1.72 bits per heavy atom. The van der Waals surface area contributed by atoms with Gasteiger partial charge in [-0.3, -0.25) is 4.98 Å². The van der Waals surface area contributed by atoms with E-state index >= 15 is 0 Å². The predicted octanol–water partition coefficient (Wildman–Crippen LogP) is 7.43. The Labute approximate surface area is 208 Å². The minimum absolute atomic E-state index is 0. The molecule has 1 unspecified atom stereocenters. The molecule has 0 spiro atoms. The molecule has 0 fully saturated rings. The second-order valence-corrected chi connectivity index (χ2v) is 9.74. The van der Waals surface area contributed by atoms with Gasteiger partial charge in [-0.2, -0.15) is 0 Å². The van der Waals surface area contributed by atoms with Crippen LogP contribution in [0.2, 0.25) is 0 Å². The molecule has 171 valence electrons. The summed E-state index contributed by atoms with van der Waals surface area (Å²) in [4.78, 5) is 4.91. The summed E-state index contributed by atoms with van der Waals surface area (Å²) < 4.78 is 1.30. The minimum Gasteiger partial charge on any atom is -0.513 e. The van der Waals surface area contributed by atoms with Crippen LogP contribution in [0.4, 0.5) is 0 Å². The number of aliphatic hydroxyl groups is 2. The Morgan fingerprint density at radius 3 is 2.25 bits per heavy atom.